The molecule has 0 saturated carbocycles. The van der Waals surface area contributed by atoms with Gasteiger partial charge in [0.05, 0.1) is 5.75 Å². The average molecular weight is 266 g/mol. The van der Waals surface area contributed by atoms with E-state index in [0.29, 0.717) is 11.3 Å². The lowest BCUT2D eigenvalue weighted by atomic mass is 10.1. The van der Waals surface area contributed by atoms with Crippen LogP contribution in [0.2, 0.25) is 0 Å². The van der Waals surface area contributed by atoms with Crippen molar-refractivity contribution >= 4 is 16.6 Å². The van der Waals surface area contributed by atoms with Gasteiger partial charge >= 0.3 is 0 Å². The van der Waals surface area contributed by atoms with E-state index in [1.807, 2.05) is 24.3 Å². The molecule has 0 fully saturated rings. The molecule has 1 aromatic rings. The van der Waals surface area contributed by atoms with E-state index in [-0.39, 0.29) is 11.5 Å². The summed E-state index contributed by atoms with van der Waals surface area (Å²) in [5.74, 6) is 0.800. The number of Topliss-reactive ketones (excluding diaryl/α,β-unsaturated/α-hetero) is 1. The predicted octanol–water partition coefficient (Wildman–Crippen LogP) is 3.37. The smallest absolute Gasteiger partial charge is 0.175 e. The van der Waals surface area contributed by atoms with Crippen molar-refractivity contribution in [3.8, 4) is 0 Å². The fraction of sp³-hybridized carbons (Fsp3) is 0.533. The fourth-order valence-corrected chi connectivity index (χ4v) is 2.87. The van der Waals surface area contributed by atoms with Crippen LogP contribution >= 0.6 is 0 Å². The molecule has 18 heavy (non-hydrogen) atoms. The maximum absolute atomic E-state index is 11.9. The van der Waals surface area contributed by atoms with E-state index in [1.165, 1.54) is 5.56 Å². The molecule has 0 aliphatic heterocycles. The molecule has 0 radical (unpaired) electrons. The maximum atomic E-state index is 11.9. The van der Waals surface area contributed by atoms with Crippen LogP contribution in [0, 0.1) is 0 Å². The van der Waals surface area contributed by atoms with Crippen molar-refractivity contribution in [1.82, 2.24) is 0 Å². The Morgan fingerprint density at radius 3 is 2.33 bits per heavy atom. The Bertz CT molecular complexity index is 395. The minimum absolute atomic E-state index is 0.00696. The van der Waals surface area contributed by atoms with Crippen LogP contribution < -0.4 is 0 Å². The van der Waals surface area contributed by atoms with Gasteiger partial charge in [-0.05, 0) is 18.4 Å². The van der Waals surface area contributed by atoms with E-state index in [9.17, 15) is 9.00 Å². The van der Waals surface area contributed by atoms with Crippen LogP contribution in [0.1, 0.15) is 49.0 Å². The Balaban J connectivity index is 2.46. The molecule has 1 unspecified atom stereocenters. The number of hydrogen-bond donors (Lipinski definition) is 0. The second kappa shape index (κ2) is 8.20. The van der Waals surface area contributed by atoms with Gasteiger partial charge in [-0.2, -0.15) is 0 Å². The first-order chi connectivity index (χ1) is 8.67. The molecule has 0 aromatic heterocycles. The molecular weight excluding hydrogens is 244 g/mol. The quantitative estimate of drug-likeness (QED) is 0.534. The molecule has 100 valence electrons. The van der Waals surface area contributed by atoms with Crippen LogP contribution in [-0.2, 0) is 17.2 Å². The second-order valence-corrected chi connectivity index (χ2v) is 6.05. The highest BCUT2D eigenvalue weighted by atomic mass is 32.2. The van der Waals surface area contributed by atoms with Crippen molar-refractivity contribution in [3.63, 3.8) is 0 Å². The normalized spacial score (nSPS) is 12.3. The number of unbranched alkanes of at least 4 members (excludes halogenated alkanes) is 2. The second-order valence-electron chi connectivity index (χ2n) is 4.47. The Hall–Kier alpha value is -0.960. The fourth-order valence-electron chi connectivity index (χ4n) is 1.74. The largest absolute Gasteiger partial charge is 0.293 e. The molecule has 0 N–H and O–H groups in total. The highest BCUT2D eigenvalue weighted by Crippen LogP contribution is 2.07. The summed E-state index contributed by atoms with van der Waals surface area (Å²) >= 11 is 0. The standard InChI is InChI=1S/C15H22O2S/c1-3-5-6-11-18(17)12-15(16)14-9-7-13(4-2)8-10-14/h7-10H,3-6,11-12H2,1-2H3. The zero-order valence-corrected chi connectivity index (χ0v) is 12.1. The van der Waals surface area contributed by atoms with Gasteiger partial charge in [-0.15, -0.1) is 0 Å². The van der Waals surface area contributed by atoms with Crippen molar-refractivity contribution in [2.24, 2.45) is 0 Å². The van der Waals surface area contributed by atoms with Gasteiger partial charge in [0.2, 0.25) is 0 Å². The third kappa shape index (κ3) is 5.13. The SMILES string of the molecule is CCCCCS(=O)CC(=O)c1ccc(CC)cc1. The monoisotopic (exact) mass is 266 g/mol. The molecule has 0 heterocycles. The van der Waals surface area contributed by atoms with Crippen molar-refractivity contribution in [2.45, 2.75) is 39.5 Å². The summed E-state index contributed by atoms with van der Waals surface area (Å²) in [6, 6.07) is 7.61. The number of hydrogen-bond acceptors (Lipinski definition) is 2. The highest BCUT2D eigenvalue weighted by Gasteiger charge is 2.10. The number of carbonyl (C=O) groups excluding carboxylic acids is 1. The molecule has 1 aromatic carbocycles. The van der Waals surface area contributed by atoms with E-state index in [0.717, 1.165) is 25.7 Å². The highest BCUT2D eigenvalue weighted by molar-refractivity contribution is 7.85. The topological polar surface area (TPSA) is 34.1 Å². The Kier molecular flexibility index (Phi) is 6.88. The van der Waals surface area contributed by atoms with Gasteiger partial charge in [0.25, 0.3) is 0 Å². The van der Waals surface area contributed by atoms with Gasteiger partial charge in [-0.25, -0.2) is 0 Å². The summed E-state index contributed by atoms with van der Waals surface area (Å²) in [5.41, 5.74) is 1.90. The Morgan fingerprint density at radius 1 is 1.11 bits per heavy atom. The lowest BCUT2D eigenvalue weighted by Crippen LogP contribution is -2.13. The van der Waals surface area contributed by atoms with Gasteiger partial charge in [0.1, 0.15) is 0 Å². The van der Waals surface area contributed by atoms with Crippen LogP contribution in [-0.4, -0.2) is 21.5 Å². The van der Waals surface area contributed by atoms with Gasteiger partial charge < -0.3 is 0 Å². The lowest BCUT2D eigenvalue weighted by molar-refractivity contribution is 0.102. The van der Waals surface area contributed by atoms with Gasteiger partial charge in [-0.1, -0.05) is 51.0 Å². The van der Waals surface area contributed by atoms with Crippen LogP contribution in [0.5, 0.6) is 0 Å². The molecule has 1 atom stereocenters. The van der Waals surface area contributed by atoms with E-state index < -0.39 is 10.8 Å². The third-order valence-electron chi connectivity index (χ3n) is 2.95. The molecule has 0 spiro atoms. The Labute approximate surface area is 112 Å². The lowest BCUT2D eigenvalue weighted by Gasteiger charge is -2.03. The third-order valence-corrected chi connectivity index (χ3v) is 4.28. The van der Waals surface area contributed by atoms with E-state index >= 15 is 0 Å². The number of rotatable bonds is 8. The van der Waals surface area contributed by atoms with Crippen LogP contribution in [0.3, 0.4) is 0 Å². The summed E-state index contributed by atoms with van der Waals surface area (Å²) in [6.45, 7) is 4.20. The minimum Gasteiger partial charge on any atom is -0.293 e. The summed E-state index contributed by atoms with van der Waals surface area (Å²) in [5, 5.41) is 0. The summed E-state index contributed by atoms with van der Waals surface area (Å²) in [4.78, 5) is 11.9. The number of carbonyl (C=O) groups is 1. The van der Waals surface area contributed by atoms with E-state index in [4.69, 9.17) is 0 Å². The first-order valence-electron chi connectivity index (χ1n) is 6.64. The first kappa shape index (κ1) is 15.1. The van der Waals surface area contributed by atoms with Crippen molar-refractivity contribution in [3.05, 3.63) is 35.4 Å². The molecule has 0 aliphatic carbocycles. The zero-order valence-electron chi connectivity index (χ0n) is 11.3. The molecular formula is C15H22O2S. The van der Waals surface area contributed by atoms with Gasteiger partial charge in [-0.3, -0.25) is 9.00 Å². The molecule has 1 rings (SSSR count). The van der Waals surface area contributed by atoms with Crippen molar-refractivity contribution in [2.75, 3.05) is 11.5 Å². The van der Waals surface area contributed by atoms with Crippen LogP contribution in [0.15, 0.2) is 24.3 Å². The molecule has 2 nitrogen and oxygen atoms in total. The van der Waals surface area contributed by atoms with E-state index in [2.05, 4.69) is 13.8 Å². The average Bonchev–Trinajstić information content (AvgIpc) is 2.39. The summed E-state index contributed by atoms with van der Waals surface area (Å²) < 4.78 is 11.7. The van der Waals surface area contributed by atoms with Crippen LogP contribution in [0.25, 0.3) is 0 Å². The first-order valence-corrected chi connectivity index (χ1v) is 8.13. The van der Waals surface area contributed by atoms with E-state index in [1.54, 1.807) is 0 Å². The minimum atomic E-state index is -1.01. The molecule has 0 amide bonds. The molecule has 0 aliphatic rings. The summed E-state index contributed by atoms with van der Waals surface area (Å²) in [6.07, 6.45) is 4.12. The summed E-state index contributed by atoms with van der Waals surface area (Å²) in [7, 11) is -1.01. The number of aryl methyl sites for hydroxylation is 1. The number of benzene rings is 1. The molecule has 3 heteroatoms. The maximum Gasteiger partial charge on any atom is 0.175 e. The zero-order chi connectivity index (χ0) is 13.4. The molecule has 0 saturated heterocycles. The molecule has 0 bridgehead atoms. The predicted molar refractivity (Wildman–Crippen MR) is 77.6 cm³/mol. The van der Waals surface area contributed by atoms with Crippen molar-refractivity contribution in [1.29, 1.82) is 0 Å². The Morgan fingerprint density at radius 2 is 1.78 bits per heavy atom. The van der Waals surface area contributed by atoms with Gasteiger partial charge in [0, 0.05) is 22.1 Å². The van der Waals surface area contributed by atoms with Crippen LogP contribution in [0.4, 0.5) is 0 Å². The van der Waals surface area contributed by atoms with Crippen molar-refractivity contribution < 1.29 is 9.00 Å². The number of ketones is 1. The van der Waals surface area contributed by atoms with Gasteiger partial charge in [0.15, 0.2) is 5.78 Å².